The fourth-order valence-corrected chi connectivity index (χ4v) is 5.54. The molecule has 0 spiro atoms. The smallest absolute Gasteiger partial charge is 0.322 e. The van der Waals surface area contributed by atoms with Crippen LogP contribution in [0.15, 0.2) is 96.2 Å². The van der Waals surface area contributed by atoms with E-state index in [-0.39, 0.29) is 11.3 Å². The standard InChI is InChI=1S/C32H35N3O5S/c1-2-3-4-5-9-20-40-28-18-16-25(17-19-28)27-22-33-31(34-23-27)26-14-12-24(13-15-26)21-30(32(36)37)35-41(38,39)29-10-7-6-8-11-29/h6-8,10-19,22-23,30,35H,2-5,9,20-21H2,1H3,(H,36,37). The van der Waals surface area contributed by atoms with Gasteiger partial charge in [-0.2, -0.15) is 4.72 Å². The van der Waals surface area contributed by atoms with Gasteiger partial charge in [-0.15, -0.1) is 0 Å². The molecule has 1 unspecified atom stereocenters. The van der Waals surface area contributed by atoms with Crippen LogP contribution >= 0.6 is 0 Å². The average Bonchev–Trinajstić information content (AvgIpc) is 3.00. The zero-order valence-electron chi connectivity index (χ0n) is 23.1. The zero-order valence-corrected chi connectivity index (χ0v) is 23.9. The molecule has 1 atom stereocenters. The van der Waals surface area contributed by atoms with Crippen LogP contribution in [0, 0.1) is 0 Å². The molecule has 2 N–H and O–H groups in total. The second-order valence-electron chi connectivity index (χ2n) is 9.81. The maximum atomic E-state index is 12.6. The lowest BCUT2D eigenvalue weighted by atomic mass is 10.0. The van der Waals surface area contributed by atoms with E-state index in [9.17, 15) is 18.3 Å². The van der Waals surface area contributed by atoms with Gasteiger partial charge >= 0.3 is 5.97 Å². The molecule has 0 fully saturated rings. The molecule has 0 aliphatic carbocycles. The Labute approximate surface area is 241 Å². The van der Waals surface area contributed by atoms with E-state index in [2.05, 4.69) is 21.6 Å². The summed E-state index contributed by atoms with van der Waals surface area (Å²) in [5.41, 5.74) is 3.29. The topological polar surface area (TPSA) is 118 Å². The van der Waals surface area contributed by atoms with Crippen LogP contribution in [0.1, 0.15) is 44.6 Å². The molecule has 1 aromatic heterocycles. The summed E-state index contributed by atoms with van der Waals surface area (Å²) in [6.07, 6.45) is 9.52. The molecular weight excluding hydrogens is 538 g/mol. The largest absolute Gasteiger partial charge is 0.494 e. The quantitative estimate of drug-likeness (QED) is 0.164. The van der Waals surface area contributed by atoms with Crippen LogP contribution in [0.5, 0.6) is 5.75 Å². The molecule has 0 radical (unpaired) electrons. The number of nitrogens with one attached hydrogen (secondary N) is 1. The number of carboxylic acids is 1. The van der Waals surface area contributed by atoms with Gasteiger partial charge < -0.3 is 9.84 Å². The highest BCUT2D eigenvalue weighted by atomic mass is 32.2. The van der Waals surface area contributed by atoms with Gasteiger partial charge in [0, 0.05) is 23.5 Å². The van der Waals surface area contributed by atoms with Gasteiger partial charge in [-0.25, -0.2) is 18.4 Å². The first-order valence-corrected chi connectivity index (χ1v) is 15.3. The van der Waals surface area contributed by atoms with E-state index < -0.39 is 22.0 Å². The molecule has 3 aromatic carbocycles. The van der Waals surface area contributed by atoms with Crippen molar-refractivity contribution >= 4 is 16.0 Å². The Kier molecular flexibility index (Phi) is 10.6. The maximum Gasteiger partial charge on any atom is 0.322 e. The third kappa shape index (κ3) is 8.70. The second-order valence-corrected chi connectivity index (χ2v) is 11.5. The molecule has 0 bridgehead atoms. The molecule has 4 rings (SSSR count). The van der Waals surface area contributed by atoms with E-state index in [1.54, 1.807) is 54.9 Å². The van der Waals surface area contributed by atoms with Gasteiger partial charge in [-0.1, -0.05) is 87.2 Å². The first-order valence-electron chi connectivity index (χ1n) is 13.8. The van der Waals surface area contributed by atoms with Crippen LogP contribution in [0.2, 0.25) is 0 Å². The number of rotatable bonds is 15. The van der Waals surface area contributed by atoms with Crippen molar-refractivity contribution in [3.05, 3.63) is 96.8 Å². The van der Waals surface area contributed by atoms with Gasteiger partial charge in [0.15, 0.2) is 5.82 Å². The van der Waals surface area contributed by atoms with Gasteiger partial charge in [0.05, 0.1) is 11.5 Å². The van der Waals surface area contributed by atoms with Crippen molar-refractivity contribution in [2.45, 2.75) is 56.4 Å². The highest BCUT2D eigenvalue weighted by molar-refractivity contribution is 7.89. The summed E-state index contributed by atoms with van der Waals surface area (Å²) in [4.78, 5) is 20.8. The summed E-state index contributed by atoms with van der Waals surface area (Å²) in [5, 5.41) is 9.63. The minimum absolute atomic E-state index is 0.0136. The normalized spacial score (nSPS) is 12.1. The predicted octanol–water partition coefficient (Wildman–Crippen LogP) is 6.13. The Morgan fingerprint density at radius 2 is 1.46 bits per heavy atom. The molecule has 0 aliphatic heterocycles. The number of unbranched alkanes of at least 4 members (excludes halogenated alkanes) is 4. The number of benzene rings is 3. The number of hydrogen-bond donors (Lipinski definition) is 2. The van der Waals surface area contributed by atoms with Crippen molar-refractivity contribution in [1.29, 1.82) is 0 Å². The number of aliphatic carboxylic acids is 1. The van der Waals surface area contributed by atoms with Crippen molar-refractivity contribution in [1.82, 2.24) is 14.7 Å². The molecule has 1 heterocycles. The molecule has 0 saturated heterocycles. The van der Waals surface area contributed by atoms with Crippen molar-refractivity contribution in [3.63, 3.8) is 0 Å². The molecule has 8 nitrogen and oxygen atoms in total. The van der Waals surface area contributed by atoms with Crippen LogP contribution < -0.4 is 9.46 Å². The molecular formula is C32H35N3O5S. The number of hydrogen-bond acceptors (Lipinski definition) is 6. The van der Waals surface area contributed by atoms with Gasteiger partial charge in [-0.3, -0.25) is 4.79 Å². The molecule has 0 aliphatic rings. The Morgan fingerprint density at radius 3 is 2.10 bits per heavy atom. The number of carboxylic acid groups (broad SMARTS) is 1. The molecule has 214 valence electrons. The van der Waals surface area contributed by atoms with Crippen LogP contribution in [-0.2, 0) is 21.2 Å². The third-order valence-electron chi connectivity index (χ3n) is 6.66. The summed E-state index contributed by atoms with van der Waals surface area (Å²) < 4.78 is 33.4. The maximum absolute atomic E-state index is 12.6. The fourth-order valence-electron chi connectivity index (χ4n) is 4.33. The zero-order chi connectivity index (χ0) is 29.1. The second kappa shape index (κ2) is 14.5. The number of ether oxygens (including phenoxy) is 1. The lowest BCUT2D eigenvalue weighted by Crippen LogP contribution is -2.42. The van der Waals surface area contributed by atoms with Gasteiger partial charge in [0.2, 0.25) is 10.0 Å². The van der Waals surface area contributed by atoms with Gasteiger partial charge in [-0.05, 0) is 48.2 Å². The lowest BCUT2D eigenvalue weighted by molar-refractivity contribution is -0.138. The molecule has 0 saturated carbocycles. The van der Waals surface area contributed by atoms with E-state index in [4.69, 9.17) is 4.74 Å². The van der Waals surface area contributed by atoms with Crippen molar-refractivity contribution in [2.24, 2.45) is 0 Å². The lowest BCUT2D eigenvalue weighted by Gasteiger charge is -2.15. The summed E-state index contributed by atoms with van der Waals surface area (Å²) in [6, 6.07) is 21.4. The minimum atomic E-state index is -3.97. The predicted molar refractivity (Wildman–Crippen MR) is 159 cm³/mol. The monoisotopic (exact) mass is 573 g/mol. The van der Waals surface area contributed by atoms with Crippen molar-refractivity contribution in [2.75, 3.05) is 6.61 Å². The first kappa shape index (κ1) is 29.9. The van der Waals surface area contributed by atoms with Crippen molar-refractivity contribution in [3.8, 4) is 28.3 Å². The Morgan fingerprint density at radius 1 is 0.829 bits per heavy atom. The number of sulfonamides is 1. The van der Waals surface area contributed by atoms with E-state index in [0.717, 1.165) is 35.5 Å². The van der Waals surface area contributed by atoms with E-state index in [0.29, 0.717) is 11.4 Å². The number of carbonyl (C=O) groups is 1. The Balaban J connectivity index is 1.34. The summed E-state index contributed by atoms with van der Waals surface area (Å²) in [7, 11) is -3.97. The molecule has 41 heavy (non-hydrogen) atoms. The highest BCUT2D eigenvalue weighted by Gasteiger charge is 2.25. The molecule has 0 amide bonds. The number of nitrogens with zero attached hydrogens (tertiary/aromatic N) is 2. The van der Waals surface area contributed by atoms with E-state index in [1.165, 1.54) is 37.8 Å². The average molecular weight is 574 g/mol. The number of aromatic nitrogens is 2. The minimum Gasteiger partial charge on any atom is -0.494 e. The SMILES string of the molecule is CCCCCCCOc1ccc(-c2cnc(-c3ccc(CC(NS(=O)(=O)c4ccccc4)C(=O)O)cc3)nc2)cc1. The fraction of sp³-hybridized carbons (Fsp3) is 0.281. The van der Waals surface area contributed by atoms with Crippen LogP contribution in [0.25, 0.3) is 22.5 Å². The summed E-state index contributed by atoms with van der Waals surface area (Å²) >= 11 is 0. The van der Waals surface area contributed by atoms with Crippen molar-refractivity contribution < 1.29 is 23.1 Å². The Bertz CT molecular complexity index is 1490. The Hall–Kier alpha value is -4.08. The van der Waals surface area contributed by atoms with Crippen LogP contribution in [0.4, 0.5) is 0 Å². The van der Waals surface area contributed by atoms with Crippen LogP contribution in [-0.4, -0.2) is 42.1 Å². The third-order valence-corrected chi connectivity index (χ3v) is 8.14. The van der Waals surface area contributed by atoms with Gasteiger partial charge in [0.1, 0.15) is 11.8 Å². The van der Waals surface area contributed by atoms with E-state index in [1.807, 2.05) is 24.3 Å². The van der Waals surface area contributed by atoms with Crippen LogP contribution in [0.3, 0.4) is 0 Å². The molecule has 9 heteroatoms. The summed E-state index contributed by atoms with van der Waals surface area (Å²) in [6.45, 7) is 2.93. The molecule has 4 aromatic rings. The van der Waals surface area contributed by atoms with E-state index >= 15 is 0 Å². The highest BCUT2D eigenvalue weighted by Crippen LogP contribution is 2.24. The van der Waals surface area contributed by atoms with Gasteiger partial charge in [0.25, 0.3) is 0 Å². The first-order chi connectivity index (χ1) is 19.9. The summed E-state index contributed by atoms with van der Waals surface area (Å²) in [5.74, 6) is 0.122.